The number of ether oxygens (including phenoxy) is 1. The Morgan fingerprint density at radius 3 is 3.00 bits per heavy atom. The minimum Gasteiger partial charge on any atom is -0.383 e. The molecule has 0 saturated carbocycles. The van der Waals surface area contributed by atoms with Crippen molar-refractivity contribution in [1.29, 1.82) is 0 Å². The topological polar surface area (TPSA) is 49.9 Å². The summed E-state index contributed by atoms with van der Waals surface area (Å²) in [4.78, 5) is 27.9. The summed E-state index contributed by atoms with van der Waals surface area (Å²) in [6.45, 7) is 2.79. The number of carbonyl (C=O) groups excluding carboxylic acids is 2. The van der Waals surface area contributed by atoms with Crippen molar-refractivity contribution < 1.29 is 14.3 Å². The van der Waals surface area contributed by atoms with Crippen molar-refractivity contribution in [2.24, 2.45) is 5.92 Å². The zero-order valence-electron chi connectivity index (χ0n) is 12.2. The fourth-order valence-corrected chi connectivity index (χ4v) is 2.79. The second-order valence-electron chi connectivity index (χ2n) is 5.51. The lowest BCUT2D eigenvalue weighted by Gasteiger charge is -2.22. The molecule has 1 aliphatic heterocycles. The largest absolute Gasteiger partial charge is 0.383 e. The second-order valence-corrected chi connectivity index (χ2v) is 5.51. The lowest BCUT2D eigenvalue weighted by Crippen LogP contribution is -2.40. The Hall–Kier alpha value is -1.36. The molecule has 0 radical (unpaired) electrons. The van der Waals surface area contributed by atoms with Gasteiger partial charge in [0.25, 0.3) is 0 Å². The lowest BCUT2D eigenvalue weighted by molar-refractivity contribution is -0.139. The van der Waals surface area contributed by atoms with Gasteiger partial charge in [0, 0.05) is 33.2 Å². The van der Waals surface area contributed by atoms with Gasteiger partial charge in [-0.05, 0) is 25.2 Å². The Morgan fingerprint density at radius 2 is 2.30 bits per heavy atom. The highest BCUT2D eigenvalue weighted by Crippen LogP contribution is 2.21. The standard InChI is InChI=1S/C15H24N2O3/c1-20-10-9-16-7-4-8-17(12-15(16)19)14(18)11-13-5-2-3-6-13/h2,5,13H,3-4,6-12H2,1H3/t13-/m0/s1. The fourth-order valence-electron chi connectivity index (χ4n) is 2.79. The molecule has 0 N–H and O–H groups in total. The molecule has 5 nitrogen and oxygen atoms in total. The number of amides is 2. The molecule has 1 fully saturated rings. The molecule has 0 spiro atoms. The molecule has 0 aromatic heterocycles. The molecule has 1 saturated heterocycles. The Morgan fingerprint density at radius 1 is 1.45 bits per heavy atom. The van der Waals surface area contributed by atoms with Gasteiger partial charge in [0.05, 0.1) is 13.2 Å². The molecule has 1 aliphatic carbocycles. The molecule has 0 aromatic carbocycles. The van der Waals surface area contributed by atoms with E-state index in [1.54, 1.807) is 16.9 Å². The van der Waals surface area contributed by atoms with Crippen LogP contribution in [-0.4, -0.2) is 61.5 Å². The number of rotatable bonds is 5. The van der Waals surface area contributed by atoms with Crippen LogP contribution in [0.1, 0.15) is 25.7 Å². The van der Waals surface area contributed by atoms with Crippen LogP contribution in [0.4, 0.5) is 0 Å². The molecule has 2 rings (SSSR count). The van der Waals surface area contributed by atoms with E-state index in [2.05, 4.69) is 12.2 Å². The molecule has 1 heterocycles. The van der Waals surface area contributed by atoms with Gasteiger partial charge in [-0.2, -0.15) is 0 Å². The summed E-state index contributed by atoms with van der Waals surface area (Å²) in [6, 6.07) is 0. The number of hydrogen-bond donors (Lipinski definition) is 0. The van der Waals surface area contributed by atoms with Crippen molar-refractivity contribution in [3.8, 4) is 0 Å². The highest BCUT2D eigenvalue weighted by atomic mass is 16.5. The molecule has 20 heavy (non-hydrogen) atoms. The Bertz CT molecular complexity index is 381. The smallest absolute Gasteiger partial charge is 0.242 e. The summed E-state index contributed by atoms with van der Waals surface area (Å²) in [5.41, 5.74) is 0. The molecule has 5 heteroatoms. The van der Waals surface area contributed by atoms with Gasteiger partial charge in [-0.25, -0.2) is 0 Å². The van der Waals surface area contributed by atoms with Gasteiger partial charge in [-0.15, -0.1) is 0 Å². The van der Waals surface area contributed by atoms with E-state index in [4.69, 9.17) is 4.74 Å². The van der Waals surface area contributed by atoms with E-state index in [1.807, 2.05) is 0 Å². The van der Waals surface area contributed by atoms with E-state index in [9.17, 15) is 9.59 Å². The van der Waals surface area contributed by atoms with Gasteiger partial charge >= 0.3 is 0 Å². The Balaban J connectivity index is 1.85. The SMILES string of the molecule is COCCN1CCCN(C(=O)C[C@H]2C=CCC2)CC1=O. The van der Waals surface area contributed by atoms with Crippen molar-refractivity contribution >= 4 is 11.8 Å². The van der Waals surface area contributed by atoms with Gasteiger partial charge in [-0.3, -0.25) is 9.59 Å². The molecule has 2 amide bonds. The second kappa shape index (κ2) is 7.43. The first kappa shape index (κ1) is 15.0. The predicted molar refractivity (Wildman–Crippen MR) is 76.1 cm³/mol. The van der Waals surface area contributed by atoms with Gasteiger partial charge in [-0.1, -0.05) is 12.2 Å². The molecular formula is C15H24N2O3. The maximum atomic E-state index is 12.3. The van der Waals surface area contributed by atoms with E-state index in [0.717, 1.165) is 25.8 Å². The molecule has 112 valence electrons. The normalized spacial score (nSPS) is 23.2. The van der Waals surface area contributed by atoms with Crippen LogP contribution >= 0.6 is 0 Å². The number of allylic oxidation sites excluding steroid dienone is 2. The van der Waals surface area contributed by atoms with Crippen LogP contribution in [0, 0.1) is 5.92 Å². The van der Waals surface area contributed by atoms with E-state index < -0.39 is 0 Å². The van der Waals surface area contributed by atoms with Crippen molar-refractivity contribution in [3.63, 3.8) is 0 Å². The van der Waals surface area contributed by atoms with Crippen LogP contribution in [0.2, 0.25) is 0 Å². The van der Waals surface area contributed by atoms with E-state index in [1.165, 1.54) is 0 Å². The maximum absolute atomic E-state index is 12.3. The lowest BCUT2D eigenvalue weighted by atomic mass is 10.0. The van der Waals surface area contributed by atoms with Crippen molar-refractivity contribution in [2.45, 2.75) is 25.7 Å². The van der Waals surface area contributed by atoms with Crippen LogP contribution in [0.15, 0.2) is 12.2 Å². The minimum atomic E-state index is 0.0369. The van der Waals surface area contributed by atoms with Gasteiger partial charge in [0.1, 0.15) is 0 Å². The number of hydrogen-bond acceptors (Lipinski definition) is 3. The first-order valence-electron chi connectivity index (χ1n) is 7.42. The fraction of sp³-hybridized carbons (Fsp3) is 0.733. The molecular weight excluding hydrogens is 256 g/mol. The molecule has 0 unspecified atom stereocenters. The Labute approximate surface area is 120 Å². The van der Waals surface area contributed by atoms with Crippen LogP contribution < -0.4 is 0 Å². The average Bonchev–Trinajstić information content (AvgIpc) is 2.86. The van der Waals surface area contributed by atoms with Gasteiger partial charge < -0.3 is 14.5 Å². The summed E-state index contributed by atoms with van der Waals surface area (Å²) < 4.78 is 5.01. The summed E-state index contributed by atoms with van der Waals surface area (Å²) in [5, 5.41) is 0. The van der Waals surface area contributed by atoms with Crippen LogP contribution in [0.5, 0.6) is 0 Å². The summed E-state index contributed by atoms with van der Waals surface area (Å²) >= 11 is 0. The zero-order chi connectivity index (χ0) is 14.4. The van der Waals surface area contributed by atoms with Crippen LogP contribution in [0.25, 0.3) is 0 Å². The molecule has 0 aromatic rings. The van der Waals surface area contributed by atoms with Crippen molar-refractivity contribution in [3.05, 3.63) is 12.2 Å². The predicted octanol–water partition coefficient (Wildman–Crippen LogP) is 1.05. The third-order valence-electron chi connectivity index (χ3n) is 4.00. The summed E-state index contributed by atoms with van der Waals surface area (Å²) in [6.07, 6.45) is 7.79. The maximum Gasteiger partial charge on any atom is 0.242 e. The van der Waals surface area contributed by atoms with Gasteiger partial charge in [0.2, 0.25) is 11.8 Å². The van der Waals surface area contributed by atoms with E-state index in [0.29, 0.717) is 32.0 Å². The first-order valence-corrected chi connectivity index (χ1v) is 7.42. The highest BCUT2D eigenvalue weighted by Gasteiger charge is 2.26. The molecule has 1 atom stereocenters. The van der Waals surface area contributed by atoms with Crippen LogP contribution in [-0.2, 0) is 14.3 Å². The number of carbonyl (C=O) groups is 2. The number of nitrogens with zero attached hydrogens (tertiary/aromatic N) is 2. The van der Waals surface area contributed by atoms with E-state index >= 15 is 0 Å². The quantitative estimate of drug-likeness (QED) is 0.707. The Kier molecular flexibility index (Phi) is 5.59. The first-order chi connectivity index (χ1) is 9.70. The van der Waals surface area contributed by atoms with Crippen molar-refractivity contribution in [2.75, 3.05) is 39.9 Å². The van der Waals surface area contributed by atoms with Crippen LogP contribution in [0.3, 0.4) is 0 Å². The molecule has 0 bridgehead atoms. The third kappa shape index (κ3) is 4.07. The third-order valence-corrected chi connectivity index (χ3v) is 4.00. The summed E-state index contributed by atoms with van der Waals surface area (Å²) in [5.74, 6) is 0.517. The minimum absolute atomic E-state index is 0.0369. The zero-order valence-corrected chi connectivity index (χ0v) is 12.2. The van der Waals surface area contributed by atoms with Gasteiger partial charge in [0.15, 0.2) is 0 Å². The monoisotopic (exact) mass is 280 g/mol. The highest BCUT2D eigenvalue weighted by molar-refractivity contribution is 5.85. The average molecular weight is 280 g/mol. The number of methoxy groups -OCH3 is 1. The molecule has 2 aliphatic rings. The summed E-state index contributed by atoms with van der Waals surface area (Å²) in [7, 11) is 1.63. The van der Waals surface area contributed by atoms with E-state index in [-0.39, 0.29) is 18.4 Å². The van der Waals surface area contributed by atoms with Crippen molar-refractivity contribution in [1.82, 2.24) is 9.80 Å².